The average molecular weight is 423 g/mol. The number of rotatable bonds is 6. The third kappa shape index (κ3) is 5.59. The Balaban J connectivity index is 1.49. The summed E-state index contributed by atoms with van der Waals surface area (Å²) in [5.41, 5.74) is 0.698. The summed E-state index contributed by atoms with van der Waals surface area (Å²) in [5.74, 6) is -0.377. The lowest BCUT2D eigenvalue weighted by molar-refractivity contribution is -0.891. The van der Waals surface area contributed by atoms with Crippen molar-refractivity contribution in [2.45, 2.75) is 25.7 Å². The van der Waals surface area contributed by atoms with E-state index in [1.54, 1.807) is 24.3 Å². The van der Waals surface area contributed by atoms with E-state index in [0.717, 1.165) is 37.7 Å². The maximum atomic E-state index is 12.5. The molecular formula is C20H25ClN3O3S+. The fourth-order valence-electron chi connectivity index (χ4n) is 3.43. The van der Waals surface area contributed by atoms with Crippen molar-refractivity contribution in [3.8, 4) is 0 Å². The van der Waals surface area contributed by atoms with Gasteiger partial charge in [-0.2, -0.15) is 0 Å². The normalized spacial score (nSPS) is 19.9. The highest BCUT2D eigenvalue weighted by atomic mass is 35.5. The van der Waals surface area contributed by atoms with E-state index in [2.05, 4.69) is 5.32 Å². The lowest BCUT2D eigenvalue weighted by Crippen LogP contribution is -3.13. The van der Waals surface area contributed by atoms with Crippen LogP contribution in [0.5, 0.6) is 0 Å². The quantitative estimate of drug-likeness (QED) is 0.687. The molecule has 2 heterocycles. The largest absolute Gasteiger partial charge is 0.349 e. The summed E-state index contributed by atoms with van der Waals surface area (Å²) in [5, 5.41) is 3.04. The first-order chi connectivity index (χ1) is 13.5. The Labute approximate surface area is 174 Å². The minimum atomic E-state index is -0.345. The van der Waals surface area contributed by atoms with Gasteiger partial charge in [-0.25, -0.2) is 0 Å². The first kappa shape index (κ1) is 20.9. The second kappa shape index (κ2) is 10.1. The van der Waals surface area contributed by atoms with E-state index in [4.69, 9.17) is 11.6 Å². The van der Waals surface area contributed by atoms with Gasteiger partial charge in [0.2, 0.25) is 0 Å². The second-order valence-electron chi connectivity index (χ2n) is 7.05. The van der Waals surface area contributed by atoms with Crippen LogP contribution < -0.4 is 10.2 Å². The Morgan fingerprint density at radius 3 is 2.61 bits per heavy atom. The van der Waals surface area contributed by atoms with Crippen molar-refractivity contribution in [1.82, 2.24) is 10.2 Å². The lowest BCUT2D eigenvalue weighted by atomic mass is 10.2. The Morgan fingerprint density at radius 2 is 1.89 bits per heavy atom. The molecule has 0 bridgehead atoms. The van der Waals surface area contributed by atoms with Crippen LogP contribution in [0.1, 0.15) is 31.2 Å². The van der Waals surface area contributed by atoms with Crippen molar-refractivity contribution in [2.24, 2.45) is 0 Å². The van der Waals surface area contributed by atoms with E-state index >= 15 is 0 Å². The van der Waals surface area contributed by atoms with Crippen molar-refractivity contribution in [2.75, 3.05) is 32.7 Å². The molecule has 28 heavy (non-hydrogen) atoms. The van der Waals surface area contributed by atoms with E-state index in [1.165, 1.54) is 22.6 Å². The maximum Gasteiger partial charge on any atom is 0.293 e. The molecule has 0 unspecified atom stereocenters. The number of carbonyl (C=O) groups is 3. The molecule has 2 saturated heterocycles. The molecule has 1 aromatic rings. The number of amides is 3. The summed E-state index contributed by atoms with van der Waals surface area (Å²) in [6.07, 6.45) is 6.45. The number of hydrogen-bond acceptors (Lipinski definition) is 4. The standard InChI is InChI=1S/C20H24ClN3O3S/c21-16-8-4-3-7-15(16)13-17-19(26)24(20(27)28-17)12-9-22-18(25)14-23-10-5-1-2-6-11-23/h3-4,7-8,13H,1-2,5-6,9-12,14H2,(H,22,25)/p+1/b17-13-. The molecule has 0 saturated carbocycles. The lowest BCUT2D eigenvalue weighted by Gasteiger charge is -2.17. The predicted molar refractivity (Wildman–Crippen MR) is 111 cm³/mol. The summed E-state index contributed by atoms with van der Waals surface area (Å²) >= 11 is 7.02. The number of quaternary nitrogens is 1. The molecule has 2 aliphatic rings. The van der Waals surface area contributed by atoms with E-state index in [1.807, 2.05) is 6.07 Å². The Bertz CT molecular complexity index is 776. The highest BCUT2D eigenvalue weighted by molar-refractivity contribution is 8.18. The fraction of sp³-hybridized carbons (Fsp3) is 0.450. The van der Waals surface area contributed by atoms with Crippen molar-refractivity contribution in [1.29, 1.82) is 0 Å². The van der Waals surface area contributed by atoms with Gasteiger partial charge < -0.3 is 10.2 Å². The molecule has 2 N–H and O–H groups in total. The first-order valence-corrected chi connectivity index (χ1v) is 10.8. The SMILES string of the molecule is O=C(C[NH+]1CCCCCC1)NCCN1C(=O)S/C(=C\c2ccccc2Cl)C1=O. The van der Waals surface area contributed by atoms with Gasteiger partial charge in [-0.15, -0.1) is 0 Å². The zero-order chi connectivity index (χ0) is 19.9. The molecule has 0 aliphatic carbocycles. The van der Waals surface area contributed by atoms with Crippen LogP contribution in [-0.2, 0) is 9.59 Å². The average Bonchev–Trinajstić information content (AvgIpc) is 2.84. The smallest absolute Gasteiger partial charge is 0.293 e. The van der Waals surface area contributed by atoms with Gasteiger partial charge in [0.15, 0.2) is 6.54 Å². The number of imide groups is 1. The molecule has 3 rings (SSSR count). The molecule has 150 valence electrons. The third-order valence-corrected chi connectivity index (χ3v) is 6.20. The summed E-state index contributed by atoms with van der Waals surface area (Å²) in [4.78, 5) is 39.7. The Morgan fingerprint density at radius 1 is 1.18 bits per heavy atom. The number of hydrogen-bond donors (Lipinski definition) is 2. The van der Waals surface area contributed by atoms with Crippen LogP contribution >= 0.6 is 23.4 Å². The third-order valence-electron chi connectivity index (χ3n) is 4.94. The monoisotopic (exact) mass is 422 g/mol. The molecule has 0 radical (unpaired) electrons. The Kier molecular flexibility index (Phi) is 7.53. The van der Waals surface area contributed by atoms with Crippen LogP contribution in [0.15, 0.2) is 29.2 Å². The zero-order valence-corrected chi connectivity index (χ0v) is 17.3. The van der Waals surface area contributed by atoms with Gasteiger partial charge in [-0.1, -0.05) is 29.8 Å². The summed E-state index contributed by atoms with van der Waals surface area (Å²) in [6, 6.07) is 7.16. The van der Waals surface area contributed by atoms with E-state index < -0.39 is 0 Å². The number of likely N-dealkylation sites (tertiary alicyclic amines) is 1. The fourth-order valence-corrected chi connectivity index (χ4v) is 4.47. The van der Waals surface area contributed by atoms with Crippen molar-refractivity contribution in [3.63, 3.8) is 0 Å². The molecule has 0 spiro atoms. The van der Waals surface area contributed by atoms with Crippen molar-refractivity contribution in [3.05, 3.63) is 39.8 Å². The summed E-state index contributed by atoms with van der Waals surface area (Å²) < 4.78 is 0. The molecule has 6 nitrogen and oxygen atoms in total. The van der Waals surface area contributed by atoms with Crippen molar-refractivity contribution < 1.29 is 19.3 Å². The predicted octanol–water partition coefficient (Wildman–Crippen LogP) is 1.95. The van der Waals surface area contributed by atoms with Crippen LogP contribution in [-0.4, -0.2) is 54.7 Å². The second-order valence-corrected chi connectivity index (χ2v) is 8.45. The topological polar surface area (TPSA) is 70.9 Å². The van der Waals surface area contributed by atoms with Crippen LogP contribution in [0.4, 0.5) is 4.79 Å². The molecule has 3 amide bonds. The molecular weight excluding hydrogens is 398 g/mol. The number of nitrogens with zero attached hydrogens (tertiary/aromatic N) is 1. The molecule has 8 heteroatoms. The van der Waals surface area contributed by atoms with Gasteiger partial charge in [-0.3, -0.25) is 19.3 Å². The van der Waals surface area contributed by atoms with Crippen LogP contribution in [0, 0.1) is 0 Å². The molecule has 1 aromatic carbocycles. The van der Waals surface area contributed by atoms with Crippen LogP contribution in [0.25, 0.3) is 6.08 Å². The number of benzene rings is 1. The summed E-state index contributed by atoms with van der Waals surface area (Å²) in [6.45, 7) is 2.95. The zero-order valence-electron chi connectivity index (χ0n) is 15.7. The van der Waals surface area contributed by atoms with Gasteiger partial charge in [0.25, 0.3) is 17.1 Å². The van der Waals surface area contributed by atoms with E-state index in [0.29, 0.717) is 22.0 Å². The van der Waals surface area contributed by atoms with Crippen LogP contribution in [0.2, 0.25) is 5.02 Å². The molecule has 0 atom stereocenters. The summed E-state index contributed by atoms with van der Waals surface area (Å²) in [7, 11) is 0. The van der Waals surface area contributed by atoms with Gasteiger partial charge in [0.05, 0.1) is 18.0 Å². The van der Waals surface area contributed by atoms with Gasteiger partial charge in [-0.05, 0) is 55.2 Å². The number of nitrogens with one attached hydrogen (secondary N) is 2. The number of carbonyl (C=O) groups excluding carboxylic acids is 3. The Hall–Kier alpha value is -1.83. The van der Waals surface area contributed by atoms with Crippen LogP contribution in [0.3, 0.4) is 0 Å². The molecule has 2 fully saturated rings. The maximum absolute atomic E-state index is 12.5. The van der Waals surface area contributed by atoms with Crippen molar-refractivity contribution >= 4 is 46.5 Å². The number of thioether (sulfide) groups is 1. The minimum Gasteiger partial charge on any atom is -0.349 e. The van der Waals surface area contributed by atoms with E-state index in [9.17, 15) is 14.4 Å². The highest BCUT2D eigenvalue weighted by Crippen LogP contribution is 2.33. The number of halogens is 1. The van der Waals surface area contributed by atoms with Gasteiger partial charge in [0, 0.05) is 18.1 Å². The van der Waals surface area contributed by atoms with Gasteiger partial charge >= 0.3 is 0 Å². The molecule has 0 aromatic heterocycles. The minimum absolute atomic E-state index is 0.0320. The van der Waals surface area contributed by atoms with E-state index in [-0.39, 0.29) is 30.1 Å². The molecule has 2 aliphatic heterocycles. The van der Waals surface area contributed by atoms with Gasteiger partial charge in [0.1, 0.15) is 0 Å². The highest BCUT2D eigenvalue weighted by Gasteiger charge is 2.34. The first-order valence-electron chi connectivity index (χ1n) is 9.65.